The molecule has 1 saturated heterocycles. The fraction of sp³-hybridized carbons (Fsp3) is 0.379. The smallest absolute Gasteiger partial charge is 0.322 e. The van der Waals surface area contributed by atoms with Crippen molar-refractivity contribution in [3.63, 3.8) is 0 Å². The third kappa shape index (κ3) is 7.21. The van der Waals surface area contributed by atoms with Crippen LogP contribution in [0.15, 0.2) is 71.1 Å². The van der Waals surface area contributed by atoms with Gasteiger partial charge < -0.3 is 24.3 Å². The van der Waals surface area contributed by atoms with Crippen molar-refractivity contribution < 1.29 is 18.7 Å². The zero-order valence-corrected chi connectivity index (χ0v) is 21.1. The van der Waals surface area contributed by atoms with Crippen LogP contribution in [-0.4, -0.2) is 47.5 Å². The SMILES string of the molecule is CCc1ccc(NC(=O)N(CC(=O)N(Cc2ccccc2)Cc2ccc(C)o2)CC2CCCO2)cc1. The van der Waals surface area contributed by atoms with Crippen LogP contribution in [0, 0.1) is 6.92 Å². The van der Waals surface area contributed by atoms with E-state index in [1.54, 1.807) is 9.80 Å². The second kappa shape index (κ2) is 12.4. The summed E-state index contributed by atoms with van der Waals surface area (Å²) in [5.41, 5.74) is 2.92. The number of furan rings is 1. The van der Waals surface area contributed by atoms with Gasteiger partial charge in [0.2, 0.25) is 5.91 Å². The van der Waals surface area contributed by atoms with Crippen molar-refractivity contribution in [2.75, 3.05) is 25.0 Å². The summed E-state index contributed by atoms with van der Waals surface area (Å²) < 4.78 is 11.5. The fourth-order valence-corrected chi connectivity index (χ4v) is 4.34. The van der Waals surface area contributed by atoms with Crippen LogP contribution in [0.5, 0.6) is 0 Å². The molecule has 1 aliphatic heterocycles. The topological polar surface area (TPSA) is 75.0 Å². The number of hydrogen-bond acceptors (Lipinski definition) is 4. The van der Waals surface area contributed by atoms with Gasteiger partial charge in [0, 0.05) is 25.4 Å². The molecule has 3 amide bonds. The first-order valence-corrected chi connectivity index (χ1v) is 12.6. The van der Waals surface area contributed by atoms with E-state index < -0.39 is 0 Å². The number of rotatable bonds is 10. The van der Waals surface area contributed by atoms with E-state index in [2.05, 4.69) is 12.2 Å². The molecule has 190 valence electrons. The van der Waals surface area contributed by atoms with Gasteiger partial charge in [-0.3, -0.25) is 4.79 Å². The van der Waals surface area contributed by atoms with Crippen LogP contribution >= 0.6 is 0 Å². The first-order valence-electron chi connectivity index (χ1n) is 12.6. The van der Waals surface area contributed by atoms with Crippen LogP contribution in [0.4, 0.5) is 10.5 Å². The third-order valence-electron chi connectivity index (χ3n) is 6.39. The Morgan fingerprint density at radius 2 is 1.72 bits per heavy atom. The van der Waals surface area contributed by atoms with Crippen LogP contribution in [0.2, 0.25) is 0 Å². The lowest BCUT2D eigenvalue weighted by molar-refractivity contribution is -0.133. The van der Waals surface area contributed by atoms with Crippen molar-refractivity contribution in [3.05, 3.63) is 89.4 Å². The van der Waals surface area contributed by atoms with E-state index in [0.29, 0.717) is 37.7 Å². The number of ether oxygens (including phenoxy) is 1. The molecule has 7 nitrogen and oxygen atoms in total. The van der Waals surface area contributed by atoms with E-state index >= 15 is 0 Å². The minimum Gasteiger partial charge on any atom is -0.464 e. The first kappa shape index (κ1) is 25.5. The van der Waals surface area contributed by atoms with E-state index in [4.69, 9.17) is 9.15 Å². The number of aryl methyl sites for hydroxylation is 2. The highest BCUT2D eigenvalue weighted by Crippen LogP contribution is 2.18. The Morgan fingerprint density at radius 1 is 0.944 bits per heavy atom. The Bertz CT molecular complexity index is 1120. The number of hydrogen-bond donors (Lipinski definition) is 1. The highest BCUT2D eigenvalue weighted by molar-refractivity contribution is 5.92. The molecule has 0 spiro atoms. The molecule has 7 heteroatoms. The Hall–Kier alpha value is -3.58. The molecule has 0 radical (unpaired) electrons. The highest BCUT2D eigenvalue weighted by atomic mass is 16.5. The standard InChI is InChI=1S/C29H35N3O4/c1-3-23-12-14-25(15-13-23)30-29(34)32(19-26-10-7-17-35-26)21-28(33)31(18-24-8-5-4-6-9-24)20-27-16-11-22(2)36-27/h4-6,8-9,11-16,26H,3,7,10,17-21H2,1-2H3,(H,30,34). The number of amides is 3. The number of nitrogens with one attached hydrogen (secondary N) is 1. The molecule has 3 aromatic rings. The van der Waals surface area contributed by atoms with E-state index in [-0.39, 0.29) is 24.6 Å². The van der Waals surface area contributed by atoms with Crippen LogP contribution in [0.1, 0.15) is 42.4 Å². The van der Waals surface area contributed by atoms with Gasteiger partial charge in [-0.05, 0) is 61.6 Å². The Kier molecular flexibility index (Phi) is 8.79. The summed E-state index contributed by atoms with van der Waals surface area (Å²) in [6.45, 7) is 5.73. The molecule has 36 heavy (non-hydrogen) atoms. The number of benzene rings is 2. The molecule has 1 aromatic heterocycles. The predicted octanol–water partition coefficient (Wildman–Crippen LogP) is 5.39. The monoisotopic (exact) mass is 489 g/mol. The third-order valence-corrected chi connectivity index (χ3v) is 6.39. The van der Waals surface area contributed by atoms with Crippen LogP contribution in [-0.2, 0) is 29.0 Å². The average Bonchev–Trinajstić information content (AvgIpc) is 3.55. The zero-order chi connectivity index (χ0) is 25.3. The number of anilines is 1. The number of urea groups is 1. The molecule has 1 N–H and O–H groups in total. The summed E-state index contributed by atoms with van der Waals surface area (Å²) in [6.07, 6.45) is 2.70. The first-order chi connectivity index (χ1) is 17.5. The molecule has 2 heterocycles. The van der Waals surface area contributed by atoms with Crippen molar-refractivity contribution in [2.24, 2.45) is 0 Å². The number of carbonyl (C=O) groups is 2. The molecule has 0 saturated carbocycles. The second-order valence-corrected chi connectivity index (χ2v) is 9.24. The normalized spacial score (nSPS) is 15.0. The van der Waals surface area contributed by atoms with Gasteiger partial charge >= 0.3 is 6.03 Å². The van der Waals surface area contributed by atoms with Crippen molar-refractivity contribution in [1.82, 2.24) is 9.80 Å². The summed E-state index contributed by atoms with van der Waals surface area (Å²) in [5.74, 6) is 1.36. The van der Waals surface area contributed by atoms with Crippen molar-refractivity contribution in [1.29, 1.82) is 0 Å². The minimum atomic E-state index is -0.309. The van der Waals surface area contributed by atoms with E-state index in [1.165, 1.54) is 5.56 Å². The van der Waals surface area contributed by atoms with Gasteiger partial charge in [-0.25, -0.2) is 4.79 Å². The zero-order valence-electron chi connectivity index (χ0n) is 21.1. The van der Waals surface area contributed by atoms with Gasteiger partial charge in [0.25, 0.3) is 0 Å². The Balaban J connectivity index is 1.50. The summed E-state index contributed by atoms with van der Waals surface area (Å²) >= 11 is 0. The van der Waals surface area contributed by atoms with Gasteiger partial charge in [-0.15, -0.1) is 0 Å². The van der Waals surface area contributed by atoms with Gasteiger partial charge in [0.15, 0.2) is 0 Å². The van der Waals surface area contributed by atoms with Gasteiger partial charge in [-0.1, -0.05) is 49.4 Å². The molecule has 1 atom stereocenters. The average molecular weight is 490 g/mol. The van der Waals surface area contributed by atoms with Crippen molar-refractivity contribution in [3.8, 4) is 0 Å². The van der Waals surface area contributed by atoms with E-state index in [1.807, 2.05) is 73.7 Å². The summed E-state index contributed by atoms with van der Waals surface area (Å²) in [4.78, 5) is 30.2. The lowest BCUT2D eigenvalue weighted by Gasteiger charge is -2.29. The highest BCUT2D eigenvalue weighted by Gasteiger charge is 2.27. The van der Waals surface area contributed by atoms with Crippen molar-refractivity contribution >= 4 is 17.6 Å². The molecule has 0 bridgehead atoms. The van der Waals surface area contributed by atoms with Crippen LogP contribution in [0.3, 0.4) is 0 Å². The van der Waals surface area contributed by atoms with Crippen LogP contribution < -0.4 is 5.32 Å². The summed E-state index contributed by atoms with van der Waals surface area (Å²) in [7, 11) is 0. The lowest BCUT2D eigenvalue weighted by atomic mass is 10.1. The number of carbonyl (C=O) groups excluding carboxylic acids is 2. The molecule has 1 aliphatic rings. The maximum Gasteiger partial charge on any atom is 0.322 e. The van der Waals surface area contributed by atoms with E-state index in [9.17, 15) is 9.59 Å². The maximum absolute atomic E-state index is 13.6. The molecule has 4 rings (SSSR count). The summed E-state index contributed by atoms with van der Waals surface area (Å²) in [6, 6.07) is 21.1. The summed E-state index contributed by atoms with van der Waals surface area (Å²) in [5, 5.41) is 2.96. The Labute approximate surface area is 213 Å². The van der Waals surface area contributed by atoms with E-state index in [0.717, 1.165) is 30.6 Å². The van der Waals surface area contributed by atoms with Gasteiger partial charge in [0.1, 0.15) is 18.1 Å². The minimum absolute atomic E-state index is 0.0503. The fourth-order valence-electron chi connectivity index (χ4n) is 4.34. The van der Waals surface area contributed by atoms with Gasteiger partial charge in [-0.2, -0.15) is 0 Å². The second-order valence-electron chi connectivity index (χ2n) is 9.24. The quantitative estimate of drug-likeness (QED) is 0.414. The largest absolute Gasteiger partial charge is 0.464 e. The number of nitrogens with zero attached hydrogens (tertiary/aromatic N) is 2. The van der Waals surface area contributed by atoms with Gasteiger partial charge in [0.05, 0.1) is 12.6 Å². The molecule has 1 fully saturated rings. The Morgan fingerprint density at radius 3 is 2.36 bits per heavy atom. The maximum atomic E-state index is 13.6. The molecular formula is C29H35N3O4. The van der Waals surface area contributed by atoms with Crippen LogP contribution in [0.25, 0.3) is 0 Å². The molecule has 1 unspecified atom stereocenters. The predicted molar refractivity (Wildman–Crippen MR) is 140 cm³/mol. The van der Waals surface area contributed by atoms with Crippen molar-refractivity contribution in [2.45, 2.75) is 52.3 Å². The lowest BCUT2D eigenvalue weighted by Crippen LogP contribution is -2.46. The molecule has 2 aromatic carbocycles. The molecular weight excluding hydrogens is 454 g/mol. The molecule has 0 aliphatic carbocycles.